The Morgan fingerprint density at radius 3 is 0.769 bits per heavy atom. The zero-order valence-electron chi connectivity index (χ0n) is 12.8. The lowest BCUT2D eigenvalue weighted by Gasteiger charge is -2.19. The van der Waals surface area contributed by atoms with Crippen LogP contribution in [-0.4, -0.2) is 64.8 Å². The van der Waals surface area contributed by atoms with Crippen molar-refractivity contribution in [2.24, 2.45) is 0 Å². The quantitative estimate of drug-likeness (QED) is 0.279. The summed E-state index contributed by atoms with van der Waals surface area (Å²) in [6.07, 6.45) is -12.4. The maximum Gasteiger partial charge on any atom is 0.439 e. The third kappa shape index (κ3) is 9.21. The van der Waals surface area contributed by atoms with E-state index < -0.39 is 48.9 Å². The number of halogens is 8. The molecule has 0 aliphatic carbocycles. The van der Waals surface area contributed by atoms with Crippen molar-refractivity contribution >= 4 is 20.2 Å². The van der Waals surface area contributed by atoms with Gasteiger partial charge in [0, 0.05) is 0 Å². The first-order valence-electron chi connectivity index (χ1n) is 5.55. The Morgan fingerprint density at radius 1 is 0.654 bits per heavy atom. The molecule has 8 nitrogen and oxygen atoms in total. The summed E-state index contributed by atoms with van der Waals surface area (Å²) < 4.78 is 147. The standard InChI is InChI=1S/2C3H4F4O3S.C2H6O2/c2*1-2(4,3(5,6)7)11(8,9)10;1-2(3)4/h2*1H3,(H,8,9,10);2-4H,1H3. The number of alkyl halides is 8. The van der Waals surface area contributed by atoms with Crippen LogP contribution < -0.4 is 0 Å². The van der Waals surface area contributed by atoms with Crippen molar-refractivity contribution in [3.8, 4) is 0 Å². The monoisotopic (exact) mass is 454 g/mol. The fourth-order valence-electron chi connectivity index (χ4n) is 0.292. The van der Waals surface area contributed by atoms with Crippen LogP contribution in [0, 0.1) is 0 Å². The first kappa shape index (κ1) is 29.9. The normalized spacial score (nSPS) is 17.8. The molecule has 0 radical (unpaired) electrons. The molecule has 2 atom stereocenters. The number of hydrogen-bond donors (Lipinski definition) is 4. The van der Waals surface area contributed by atoms with Crippen LogP contribution in [0.1, 0.15) is 20.8 Å². The highest BCUT2D eigenvalue weighted by molar-refractivity contribution is 7.87. The maximum atomic E-state index is 12.1. The molecule has 0 aliphatic rings. The summed E-state index contributed by atoms with van der Waals surface area (Å²) >= 11 is 0. The van der Waals surface area contributed by atoms with Crippen LogP contribution in [0.2, 0.25) is 0 Å². The maximum absolute atomic E-state index is 12.1. The van der Waals surface area contributed by atoms with Gasteiger partial charge in [0.05, 0.1) is 0 Å². The van der Waals surface area contributed by atoms with Gasteiger partial charge in [-0.1, -0.05) is 0 Å². The molecule has 0 fully saturated rings. The van der Waals surface area contributed by atoms with Gasteiger partial charge in [-0.2, -0.15) is 43.2 Å². The molecule has 0 aliphatic heterocycles. The van der Waals surface area contributed by atoms with Gasteiger partial charge in [-0.15, -0.1) is 0 Å². The zero-order chi connectivity index (χ0) is 22.6. The van der Waals surface area contributed by atoms with Crippen LogP contribution in [-0.2, 0) is 20.2 Å². The lowest BCUT2D eigenvalue weighted by atomic mass is 10.4. The highest BCUT2D eigenvalue weighted by Crippen LogP contribution is 2.37. The van der Waals surface area contributed by atoms with Gasteiger partial charge in [-0.25, -0.2) is 8.78 Å². The minimum Gasteiger partial charge on any atom is -0.368 e. The molecular formula is C8H14F8O8S2. The molecule has 2 unspecified atom stereocenters. The molecule has 0 aromatic rings. The molecule has 162 valence electrons. The Morgan fingerprint density at radius 2 is 0.769 bits per heavy atom. The first-order chi connectivity index (χ1) is 10.7. The van der Waals surface area contributed by atoms with Gasteiger partial charge >= 0.3 is 42.6 Å². The van der Waals surface area contributed by atoms with Crippen molar-refractivity contribution in [2.45, 2.75) is 49.4 Å². The summed E-state index contributed by atoms with van der Waals surface area (Å²) in [4.78, 5) is 0. The van der Waals surface area contributed by atoms with Gasteiger partial charge in [-0.3, -0.25) is 9.11 Å². The van der Waals surface area contributed by atoms with Crippen molar-refractivity contribution < 1.29 is 71.3 Å². The largest absolute Gasteiger partial charge is 0.439 e. The second kappa shape index (κ2) is 8.91. The van der Waals surface area contributed by atoms with E-state index in [1.54, 1.807) is 0 Å². The van der Waals surface area contributed by atoms with E-state index in [1.165, 1.54) is 6.92 Å². The number of rotatable bonds is 2. The second-order valence-corrected chi connectivity index (χ2v) is 7.84. The third-order valence-corrected chi connectivity index (χ3v) is 4.38. The summed E-state index contributed by atoms with van der Waals surface area (Å²) in [5.41, 5.74) is 0. The number of hydrogen-bond acceptors (Lipinski definition) is 6. The van der Waals surface area contributed by atoms with E-state index in [9.17, 15) is 52.0 Å². The van der Waals surface area contributed by atoms with E-state index in [1.807, 2.05) is 0 Å². The fourth-order valence-corrected chi connectivity index (χ4v) is 0.877. The van der Waals surface area contributed by atoms with Gasteiger partial charge in [-0.05, 0) is 20.8 Å². The highest BCUT2D eigenvalue weighted by atomic mass is 32.2. The van der Waals surface area contributed by atoms with E-state index in [-0.39, 0.29) is 13.8 Å². The van der Waals surface area contributed by atoms with Gasteiger partial charge < -0.3 is 10.2 Å². The predicted octanol–water partition coefficient (Wildman–Crippen LogP) is 1.56. The minimum atomic E-state index is -5.75. The summed E-state index contributed by atoms with van der Waals surface area (Å²) in [6.45, 7) is 0.727. The van der Waals surface area contributed by atoms with Crippen LogP contribution in [0.3, 0.4) is 0 Å². The lowest BCUT2D eigenvalue weighted by molar-refractivity contribution is -0.194. The molecule has 0 rings (SSSR count). The van der Waals surface area contributed by atoms with Crippen LogP contribution in [0.25, 0.3) is 0 Å². The van der Waals surface area contributed by atoms with Gasteiger partial charge in [0.2, 0.25) is 0 Å². The Labute approximate surface area is 141 Å². The Balaban J connectivity index is -0.000000338. The van der Waals surface area contributed by atoms with Gasteiger partial charge in [0.15, 0.2) is 0 Å². The van der Waals surface area contributed by atoms with E-state index in [2.05, 4.69) is 0 Å². The molecule has 0 aromatic carbocycles. The molecule has 0 aromatic heterocycles. The van der Waals surface area contributed by atoms with Crippen LogP contribution in [0.4, 0.5) is 35.1 Å². The van der Waals surface area contributed by atoms with Gasteiger partial charge in [0.25, 0.3) is 0 Å². The molecule has 26 heavy (non-hydrogen) atoms. The van der Waals surface area contributed by atoms with Crippen LogP contribution in [0.15, 0.2) is 0 Å². The summed E-state index contributed by atoms with van der Waals surface area (Å²) in [5.74, 6) is 0. The van der Waals surface area contributed by atoms with E-state index in [4.69, 9.17) is 19.3 Å². The lowest BCUT2D eigenvalue weighted by Crippen LogP contribution is -2.44. The van der Waals surface area contributed by atoms with E-state index >= 15 is 0 Å². The number of aliphatic hydroxyl groups is 2. The van der Waals surface area contributed by atoms with Crippen molar-refractivity contribution in [1.82, 2.24) is 0 Å². The fraction of sp³-hybridized carbons (Fsp3) is 1.00. The minimum absolute atomic E-state index is 0.275. The van der Waals surface area contributed by atoms with Crippen molar-refractivity contribution in [3.05, 3.63) is 0 Å². The number of aliphatic hydroxyl groups excluding tert-OH is 1. The van der Waals surface area contributed by atoms with Crippen molar-refractivity contribution in [1.29, 1.82) is 0 Å². The molecule has 0 spiro atoms. The van der Waals surface area contributed by atoms with E-state index in [0.717, 1.165) is 0 Å². The zero-order valence-corrected chi connectivity index (χ0v) is 14.5. The topological polar surface area (TPSA) is 149 Å². The molecule has 0 saturated heterocycles. The summed E-state index contributed by atoms with van der Waals surface area (Å²) in [5, 5.41) is 6.03. The van der Waals surface area contributed by atoms with E-state index in [0.29, 0.717) is 0 Å². The average molecular weight is 454 g/mol. The Bertz CT molecular complexity index is 575. The predicted molar refractivity (Wildman–Crippen MR) is 68.1 cm³/mol. The first-order valence-corrected chi connectivity index (χ1v) is 8.43. The third-order valence-electron chi connectivity index (χ3n) is 1.98. The summed E-state index contributed by atoms with van der Waals surface area (Å²) in [6, 6.07) is 0. The molecule has 4 N–H and O–H groups in total. The Kier molecular flexibility index (Phi) is 10.3. The summed E-state index contributed by atoms with van der Waals surface area (Å²) in [7, 11) is -11.5. The van der Waals surface area contributed by atoms with Crippen LogP contribution in [0.5, 0.6) is 0 Å². The van der Waals surface area contributed by atoms with Crippen molar-refractivity contribution in [3.63, 3.8) is 0 Å². The molecule has 0 amide bonds. The molecule has 0 saturated carbocycles. The average Bonchev–Trinajstić information content (AvgIpc) is 2.22. The SMILES string of the molecule is CC(F)(C(F)(F)F)S(=O)(=O)O.CC(F)(C(F)(F)F)S(=O)(=O)O.CC(O)O. The Hall–Kier alpha value is -0.820. The molecule has 0 bridgehead atoms. The smallest absolute Gasteiger partial charge is 0.368 e. The van der Waals surface area contributed by atoms with Crippen molar-refractivity contribution in [2.75, 3.05) is 0 Å². The molecular weight excluding hydrogens is 440 g/mol. The molecule has 0 heterocycles. The molecule has 18 heteroatoms. The highest BCUT2D eigenvalue weighted by Gasteiger charge is 2.62. The second-order valence-electron chi connectivity index (χ2n) is 4.41. The van der Waals surface area contributed by atoms with Gasteiger partial charge in [0.1, 0.15) is 6.29 Å². The van der Waals surface area contributed by atoms with Crippen LogP contribution >= 0.6 is 0 Å².